The van der Waals surface area contributed by atoms with Gasteiger partial charge in [-0.2, -0.15) is 0 Å². The van der Waals surface area contributed by atoms with Crippen LogP contribution in [0.25, 0.3) is 0 Å². The Balaban J connectivity index is 1.79. The van der Waals surface area contributed by atoms with Crippen LogP contribution in [0, 0.1) is 5.92 Å². The number of rotatable bonds is 6. The quantitative estimate of drug-likeness (QED) is 0.746. The van der Waals surface area contributed by atoms with Crippen LogP contribution in [0.5, 0.6) is 0 Å². The van der Waals surface area contributed by atoms with Crippen molar-refractivity contribution in [3.8, 4) is 0 Å². The lowest BCUT2D eigenvalue weighted by molar-refractivity contribution is 0.116. The van der Waals surface area contributed by atoms with Crippen molar-refractivity contribution in [1.82, 2.24) is 10.2 Å². The summed E-state index contributed by atoms with van der Waals surface area (Å²) in [5.41, 5.74) is 0. The Morgan fingerprint density at radius 3 is 2.75 bits per heavy atom. The predicted octanol–water partition coefficient (Wildman–Crippen LogP) is 2.64. The van der Waals surface area contributed by atoms with Crippen LogP contribution in [0.15, 0.2) is 0 Å². The third-order valence-electron chi connectivity index (χ3n) is 4.29. The molecular weight excluding hydrogens is 196 g/mol. The summed E-state index contributed by atoms with van der Waals surface area (Å²) < 4.78 is 0. The minimum Gasteiger partial charge on any atom is -0.313 e. The number of hydrogen-bond acceptors (Lipinski definition) is 2. The van der Waals surface area contributed by atoms with Crippen LogP contribution >= 0.6 is 0 Å². The summed E-state index contributed by atoms with van der Waals surface area (Å²) in [4.78, 5) is 2.76. The SMILES string of the molecule is CCNC(C)C1CCCCN1CCC1CC1. The van der Waals surface area contributed by atoms with Crippen LogP contribution in [0.2, 0.25) is 0 Å². The second-order valence-corrected chi connectivity index (χ2v) is 5.68. The summed E-state index contributed by atoms with van der Waals surface area (Å²) in [7, 11) is 0. The molecule has 2 fully saturated rings. The van der Waals surface area contributed by atoms with Crippen LogP contribution in [0.1, 0.15) is 52.4 Å². The number of hydrogen-bond donors (Lipinski definition) is 1. The molecule has 94 valence electrons. The first-order valence-corrected chi connectivity index (χ1v) is 7.28. The predicted molar refractivity (Wildman–Crippen MR) is 69.7 cm³/mol. The third-order valence-corrected chi connectivity index (χ3v) is 4.29. The Morgan fingerprint density at radius 2 is 2.06 bits per heavy atom. The maximum atomic E-state index is 3.61. The van der Waals surface area contributed by atoms with Crippen molar-refractivity contribution >= 4 is 0 Å². The van der Waals surface area contributed by atoms with Gasteiger partial charge < -0.3 is 5.32 Å². The molecule has 2 unspecified atom stereocenters. The molecule has 2 rings (SSSR count). The first kappa shape index (κ1) is 12.4. The van der Waals surface area contributed by atoms with E-state index in [1.165, 1.54) is 51.6 Å². The van der Waals surface area contributed by atoms with Crippen molar-refractivity contribution < 1.29 is 0 Å². The summed E-state index contributed by atoms with van der Waals surface area (Å²) in [5.74, 6) is 1.08. The number of piperidine rings is 1. The Morgan fingerprint density at radius 1 is 1.25 bits per heavy atom. The fourth-order valence-corrected chi connectivity index (χ4v) is 3.07. The normalized spacial score (nSPS) is 29.2. The second-order valence-electron chi connectivity index (χ2n) is 5.68. The molecule has 2 nitrogen and oxygen atoms in total. The maximum Gasteiger partial charge on any atom is 0.0246 e. The van der Waals surface area contributed by atoms with Gasteiger partial charge in [-0.3, -0.25) is 4.90 Å². The van der Waals surface area contributed by atoms with Gasteiger partial charge in [0.2, 0.25) is 0 Å². The fraction of sp³-hybridized carbons (Fsp3) is 1.00. The Bertz CT molecular complexity index is 201. The summed E-state index contributed by atoms with van der Waals surface area (Å²) >= 11 is 0. The molecule has 0 radical (unpaired) electrons. The van der Waals surface area contributed by atoms with E-state index in [-0.39, 0.29) is 0 Å². The van der Waals surface area contributed by atoms with Crippen LogP contribution < -0.4 is 5.32 Å². The summed E-state index contributed by atoms with van der Waals surface area (Å²) in [6.07, 6.45) is 8.71. The van der Waals surface area contributed by atoms with Gasteiger partial charge in [0, 0.05) is 12.1 Å². The zero-order chi connectivity index (χ0) is 11.4. The smallest absolute Gasteiger partial charge is 0.0246 e. The molecule has 1 aliphatic heterocycles. The molecule has 0 aromatic rings. The zero-order valence-electron chi connectivity index (χ0n) is 11.0. The molecule has 1 saturated heterocycles. The average Bonchev–Trinajstić information content (AvgIpc) is 3.11. The lowest BCUT2D eigenvalue weighted by Crippen LogP contribution is -2.51. The van der Waals surface area contributed by atoms with Crippen LogP contribution in [-0.4, -0.2) is 36.6 Å². The van der Waals surface area contributed by atoms with Gasteiger partial charge >= 0.3 is 0 Å². The third kappa shape index (κ3) is 3.46. The van der Waals surface area contributed by atoms with E-state index in [2.05, 4.69) is 24.1 Å². The van der Waals surface area contributed by atoms with E-state index in [1.807, 2.05) is 0 Å². The largest absolute Gasteiger partial charge is 0.313 e. The molecule has 0 amide bonds. The van der Waals surface area contributed by atoms with Gasteiger partial charge in [0.15, 0.2) is 0 Å². The van der Waals surface area contributed by atoms with Gasteiger partial charge in [0.05, 0.1) is 0 Å². The highest BCUT2D eigenvalue weighted by molar-refractivity contribution is 4.86. The molecule has 1 N–H and O–H groups in total. The van der Waals surface area contributed by atoms with Gasteiger partial charge in [-0.05, 0) is 51.7 Å². The molecule has 1 aliphatic carbocycles. The van der Waals surface area contributed by atoms with Gasteiger partial charge in [-0.15, -0.1) is 0 Å². The van der Waals surface area contributed by atoms with E-state index >= 15 is 0 Å². The minimum atomic E-state index is 0.671. The molecule has 0 bridgehead atoms. The molecular formula is C14H28N2. The highest BCUT2D eigenvalue weighted by Gasteiger charge is 2.28. The standard InChI is InChI=1S/C14H28N2/c1-3-15-12(2)14-6-4-5-10-16(14)11-9-13-7-8-13/h12-15H,3-11H2,1-2H3. The number of likely N-dealkylation sites (N-methyl/N-ethyl adjacent to an activating group) is 1. The maximum absolute atomic E-state index is 3.61. The lowest BCUT2D eigenvalue weighted by Gasteiger charge is -2.39. The van der Waals surface area contributed by atoms with Crippen molar-refractivity contribution in [1.29, 1.82) is 0 Å². The van der Waals surface area contributed by atoms with E-state index in [1.54, 1.807) is 0 Å². The van der Waals surface area contributed by atoms with Crippen molar-refractivity contribution in [2.75, 3.05) is 19.6 Å². The van der Waals surface area contributed by atoms with Crippen LogP contribution in [-0.2, 0) is 0 Å². The molecule has 0 spiro atoms. The Labute approximate surface area is 101 Å². The monoisotopic (exact) mass is 224 g/mol. The van der Waals surface area contributed by atoms with Crippen molar-refractivity contribution in [3.05, 3.63) is 0 Å². The van der Waals surface area contributed by atoms with Gasteiger partial charge in [0.25, 0.3) is 0 Å². The first-order valence-electron chi connectivity index (χ1n) is 7.28. The number of nitrogens with one attached hydrogen (secondary N) is 1. The lowest BCUT2D eigenvalue weighted by atomic mass is 9.96. The molecule has 1 heterocycles. The van der Waals surface area contributed by atoms with Gasteiger partial charge in [0.1, 0.15) is 0 Å². The minimum absolute atomic E-state index is 0.671. The summed E-state index contributed by atoms with van der Waals surface area (Å²) in [6, 6.07) is 1.47. The van der Waals surface area contributed by atoms with E-state index in [0.717, 1.165) is 18.5 Å². The molecule has 16 heavy (non-hydrogen) atoms. The highest BCUT2D eigenvalue weighted by atomic mass is 15.2. The van der Waals surface area contributed by atoms with E-state index < -0.39 is 0 Å². The molecule has 0 aromatic heterocycles. The fourth-order valence-electron chi connectivity index (χ4n) is 3.07. The number of likely N-dealkylation sites (tertiary alicyclic amines) is 1. The zero-order valence-corrected chi connectivity index (χ0v) is 11.0. The van der Waals surface area contributed by atoms with Crippen molar-refractivity contribution in [3.63, 3.8) is 0 Å². The van der Waals surface area contributed by atoms with E-state index in [9.17, 15) is 0 Å². The first-order chi connectivity index (χ1) is 7.81. The molecule has 2 atom stereocenters. The number of nitrogens with zero attached hydrogens (tertiary/aromatic N) is 1. The van der Waals surface area contributed by atoms with Crippen LogP contribution in [0.3, 0.4) is 0 Å². The Kier molecular flexibility index (Phi) is 4.66. The van der Waals surface area contributed by atoms with Crippen molar-refractivity contribution in [2.45, 2.75) is 64.5 Å². The Hall–Kier alpha value is -0.0800. The summed E-state index contributed by atoms with van der Waals surface area (Å²) in [5, 5.41) is 3.61. The van der Waals surface area contributed by atoms with E-state index in [0.29, 0.717) is 6.04 Å². The topological polar surface area (TPSA) is 15.3 Å². The summed E-state index contributed by atoms with van der Waals surface area (Å²) in [6.45, 7) is 8.38. The molecule has 1 saturated carbocycles. The van der Waals surface area contributed by atoms with Crippen molar-refractivity contribution in [2.24, 2.45) is 5.92 Å². The van der Waals surface area contributed by atoms with Gasteiger partial charge in [-0.1, -0.05) is 26.2 Å². The molecule has 2 aliphatic rings. The average molecular weight is 224 g/mol. The molecule has 0 aromatic carbocycles. The van der Waals surface area contributed by atoms with E-state index in [4.69, 9.17) is 0 Å². The highest BCUT2D eigenvalue weighted by Crippen LogP contribution is 2.33. The van der Waals surface area contributed by atoms with Crippen LogP contribution in [0.4, 0.5) is 0 Å². The second kappa shape index (κ2) is 6.02. The van der Waals surface area contributed by atoms with Gasteiger partial charge in [-0.25, -0.2) is 0 Å². The molecule has 2 heteroatoms.